The summed E-state index contributed by atoms with van der Waals surface area (Å²) >= 11 is 0. The lowest BCUT2D eigenvalue weighted by atomic mass is 10.0. The lowest BCUT2D eigenvalue weighted by Gasteiger charge is -2.17. The largest absolute Gasteiger partial charge is 0.497 e. The molecule has 4 nitrogen and oxygen atoms in total. The number of ether oxygens (including phenoxy) is 2. The average molecular weight is 341 g/mol. The van der Waals surface area contributed by atoms with E-state index in [0.717, 1.165) is 28.2 Å². The summed E-state index contributed by atoms with van der Waals surface area (Å²) in [5.74, 6) is 1.78. The van der Waals surface area contributed by atoms with Gasteiger partial charge in [-0.2, -0.15) is 0 Å². The van der Waals surface area contributed by atoms with E-state index in [1.54, 1.807) is 7.11 Å². The highest BCUT2D eigenvalue weighted by Gasteiger charge is 2.13. The van der Waals surface area contributed by atoms with Crippen LogP contribution in [-0.2, 0) is 4.79 Å². The quantitative estimate of drug-likeness (QED) is 0.813. The molecule has 1 atom stereocenters. The van der Waals surface area contributed by atoms with Crippen LogP contribution in [0.2, 0.25) is 0 Å². The monoisotopic (exact) mass is 341 g/mol. The molecule has 2 aromatic carbocycles. The number of hydrogen-bond donors (Lipinski definition) is 1. The second-order valence-electron chi connectivity index (χ2n) is 6.55. The van der Waals surface area contributed by atoms with Gasteiger partial charge < -0.3 is 14.8 Å². The Balaban J connectivity index is 1.95. The van der Waals surface area contributed by atoms with Crippen LogP contribution in [0.15, 0.2) is 42.5 Å². The molecule has 0 unspecified atom stereocenters. The number of aryl methyl sites for hydroxylation is 1. The first-order valence-corrected chi connectivity index (χ1v) is 8.57. The number of nitrogens with one attached hydrogen (secondary N) is 1. The zero-order chi connectivity index (χ0) is 18.4. The van der Waals surface area contributed by atoms with Crippen LogP contribution in [0.25, 0.3) is 0 Å². The molecule has 2 rings (SSSR count). The standard InChI is InChI=1S/C21H27NO3/c1-14(2)19-11-6-15(3)12-20(19)25-13-21(23)22-16(4)17-7-9-18(24-5)10-8-17/h6-12,14,16H,13H2,1-5H3,(H,22,23)/t16-/m0/s1. The van der Waals surface area contributed by atoms with Crippen molar-refractivity contribution in [3.05, 3.63) is 59.2 Å². The molecule has 0 saturated carbocycles. The Kier molecular flexibility index (Phi) is 6.45. The van der Waals surface area contributed by atoms with Gasteiger partial charge in [-0.05, 0) is 54.7 Å². The molecule has 134 valence electrons. The molecule has 4 heteroatoms. The molecule has 25 heavy (non-hydrogen) atoms. The van der Waals surface area contributed by atoms with Gasteiger partial charge in [0.25, 0.3) is 5.91 Å². The molecule has 0 heterocycles. The molecular weight excluding hydrogens is 314 g/mol. The highest BCUT2D eigenvalue weighted by Crippen LogP contribution is 2.27. The first-order chi connectivity index (χ1) is 11.9. The lowest BCUT2D eigenvalue weighted by molar-refractivity contribution is -0.123. The Morgan fingerprint density at radius 1 is 1.08 bits per heavy atom. The van der Waals surface area contributed by atoms with E-state index in [1.807, 2.05) is 44.2 Å². The van der Waals surface area contributed by atoms with Gasteiger partial charge in [0.1, 0.15) is 11.5 Å². The fourth-order valence-electron chi connectivity index (χ4n) is 2.65. The van der Waals surface area contributed by atoms with Crippen molar-refractivity contribution in [2.75, 3.05) is 13.7 Å². The zero-order valence-electron chi connectivity index (χ0n) is 15.6. The Morgan fingerprint density at radius 3 is 2.36 bits per heavy atom. The van der Waals surface area contributed by atoms with E-state index < -0.39 is 0 Å². The summed E-state index contributed by atoms with van der Waals surface area (Å²) in [6.45, 7) is 8.20. The van der Waals surface area contributed by atoms with Crippen molar-refractivity contribution in [3.8, 4) is 11.5 Å². The SMILES string of the molecule is COc1ccc([C@H](C)NC(=O)COc2cc(C)ccc2C(C)C)cc1. The van der Waals surface area contributed by atoms with Gasteiger partial charge in [0.05, 0.1) is 13.2 Å². The molecule has 0 aliphatic heterocycles. The van der Waals surface area contributed by atoms with Gasteiger partial charge in [-0.1, -0.05) is 38.1 Å². The normalized spacial score (nSPS) is 11.9. The van der Waals surface area contributed by atoms with E-state index in [1.165, 1.54) is 0 Å². The molecule has 0 fully saturated rings. The molecule has 0 spiro atoms. The second kappa shape index (κ2) is 8.56. The second-order valence-corrected chi connectivity index (χ2v) is 6.55. The number of methoxy groups -OCH3 is 1. The molecule has 0 bridgehead atoms. The maximum Gasteiger partial charge on any atom is 0.258 e. The minimum Gasteiger partial charge on any atom is -0.497 e. The summed E-state index contributed by atoms with van der Waals surface area (Å²) in [7, 11) is 1.63. The number of hydrogen-bond acceptors (Lipinski definition) is 3. The molecule has 0 saturated heterocycles. The van der Waals surface area contributed by atoms with Crippen LogP contribution in [0.4, 0.5) is 0 Å². The van der Waals surface area contributed by atoms with Gasteiger partial charge in [0.2, 0.25) is 0 Å². The van der Waals surface area contributed by atoms with Crippen LogP contribution in [0, 0.1) is 6.92 Å². The van der Waals surface area contributed by atoms with Crippen LogP contribution in [0.1, 0.15) is 49.4 Å². The number of carbonyl (C=O) groups excluding carboxylic acids is 1. The minimum absolute atomic E-state index is 0.00364. The molecule has 2 aromatic rings. The Labute approximate surface area is 150 Å². The Bertz CT molecular complexity index is 708. The van der Waals surface area contributed by atoms with E-state index in [9.17, 15) is 4.79 Å². The number of benzene rings is 2. The third-order valence-electron chi connectivity index (χ3n) is 4.14. The van der Waals surface area contributed by atoms with Crippen LogP contribution < -0.4 is 14.8 Å². The molecular formula is C21H27NO3. The van der Waals surface area contributed by atoms with E-state index in [-0.39, 0.29) is 18.6 Å². The van der Waals surface area contributed by atoms with Gasteiger partial charge >= 0.3 is 0 Å². The van der Waals surface area contributed by atoms with E-state index in [2.05, 4.69) is 31.3 Å². The fourth-order valence-corrected chi connectivity index (χ4v) is 2.65. The van der Waals surface area contributed by atoms with Crippen molar-refractivity contribution >= 4 is 5.91 Å². The van der Waals surface area contributed by atoms with Crippen molar-refractivity contribution in [1.29, 1.82) is 0 Å². The van der Waals surface area contributed by atoms with Gasteiger partial charge in [0, 0.05) is 0 Å². The van der Waals surface area contributed by atoms with Crippen molar-refractivity contribution < 1.29 is 14.3 Å². The topological polar surface area (TPSA) is 47.6 Å². The molecule has 0 aromatic heterocycles. The van der Waals surface area contributed by atoms with Crippen molar-refractivity contribution in [2.24, 2.45) is 0 Å². The minimum atomic E-state index is -0.139. The molecule has 0 radical (unpaired) electrons. The summed E-state index contributed by atoms with van der Waals surface area (Å²) in [5, 5.41) is 2.96. The Hall–Kier alpha value is -2.49. The van der Waals surface area contributed by atoms with Gasteiger partial charge in [-0.3, -0.25) is 4.79 Å². The van der Waals surface area contributed by atoms with Crippen molar-refractivity contribution in [3.63, 3.8) is 0 Å². The van der Waals surface area contributed by atoms with Gasteiger partial charge in [0.15, 0.2) is 6.61 Å². The summed E-state index contributed by atoms with van der Waals surface area (Å²) < 4.78 is 10.9. The molecule has 0 aliphatic carbocycles. The summed E-state index contributed by atoms with van der Waals surface area (Å²) in [6, 6.07) is 13.7. The average Bonchev–Trinajstić information content (AvgIpc) is 2.59. The van der Waals surface area contributed by atoms with Gasteiger partial charge in [-0.25, -0.2) is 0 Å². The fraction of sp³-hybridized carbons (Fsp3) is 0.381. The van der Waals surface area contributed by atoms with Crippen LogP contribution in [-0.4, -0.2) is 19.6 Å². The summed E-state index contributed by atoms with van der Waals surface area (Å²) in [6.07, 6.45) is 0. The van der Waals surface area contributed by atoms with E-state index in [4.69, 9.17) is 9.47 Å². The van der Waals surface area contributed by atoms with Crippen molar-refractivity contribution in [2.45, 2.75) is 39.7 Å². The number of amides is 1. The van der Waals surface area contributed by atoms with Crippen LogP contribution >= 0.6 is 0 Å². The van der Waals surface area contributed by atoms with Crippen LogP contribution in [0.5, 0.6) is 11.5 Å². The maximum absolute atomic E-state index is 12.2. The Morgan fingerprint density at radius 2 is 1.76 bits per heavy atom. The summed E-state index contributed by atoms with van der Waals surface area (Å²) in [4.78, 5) is 12.2. The van der Waals surface area contributed by atoms with E-state index in [0.29, 0.717) is 5.92 Å². The van der Waals surface area contributed by atoms with Crippen molar-refractivity contribution in [1.82, 2.24) is 5.32 Å². The predicted molar refractivity (Wildman–Crippen MR) is 100 cm³/mol. The number of carbonyl (C=O) groups is 1. The number of rotatable bonds is 7. The zero-order valence-corrected chi connectivity index (χ0v) is 15.6. The third kappa shape index (κ3) is 5.24. The maximum atomic E-state index is 12.2. The highest BCUT2D eigenvalue weighted by molar-refractivity contribution is 5.78. The molecule has 1 N–H and O–H groups in total. The smallest absolute Gasteiger partial charge is 0.258 e. The molecule has 1 amide bonds. The third-order valence-corrected chi connectivity index (χ3v) is 4.14. The highest BCUT2D eigenvalue weighted by atomic mass is 16.5. The first-order valence-electron chi connectivity index (χ1n) is 8.57. The van der Waals surface area contributed by atoms with E-state index >= 15 is 0 Å². The van der Waals surface area contributed by atoms with Gasteiger partial charge in [-0.15, -0.1) is 0 Å². The predicted octanol–water partition coefficient (Wildman–Crippen LogP) is 4.38. The summed E-state index contributed by atoms with van der Waals surface area (Å²) in [5.41, 5.74) is 3.25. The van der Waals surface area contributed by atoms with Crippen LogP contribution in [0.3, 0.4) is 0 Å². The first kappa shape index (κ1) is 18.8. The lowest BCUT2D eigenvalue weighted by Crippen LogP contribution is -2.31. The molecule has 0 aliphatic rings.